The number of carbonyl (C=O) groups excluding carboxylic acids is 4. The molecule has 6 rings (SSSR count). The van der Waals surface area contributed by atoms with Crippen LogP contribution in [0.1, 0.15) is 58.6 Å². The number of rotatable bonds is 9. The molecule has 272 valence electrons. The number of benzene rings is 2. The van der Waals surface area contributed by atoms with Gasteiger partial charge in [0.1, 0.15) is 23.7 Å². The van der Waals surface area contributed by atoms with E-state index in [0.717, 1.165) is 18.8 Å². The van der Waals surface area contributed by atoms with Crippen molar-refractivity contribution in [2.75, 3.05) is 42.6 Å². The van der Waals surface area contributed by atoms with Crippen LogP contribution in [0.5, 0.6) is 0 Å². The lowest BCUT2D eigenvalue weighted by molar-refractivity contribution is -0.160. The number of fused-ring (bicyclic) bond motifs is 2. The number of nitrogens with zero attached hydrogens (tertiary/aromatic N) is 3. The summed E-state index contributed by atoms with van der Waals surface area (Å²) in [6.07, 6.45) is 6.77. The third-order valence-corrected chi connectivity index (χ3v) is 10.6. The van der Waals surface area contributed by atoms with Gasteiger partial charge in [-0.3, -0.25) is 19.2 Å². The minimum Gasteiger partial charge on any atom is -0.455 e. The predicted octanol–water partition coefficient (Wildman–Crippen LogP) is 4.17. The van der Waals surface area contributed by atoms with Crippen molar-refractivity contribution in [2.24, 2.45) is 17.8 Å². The maximum absolute atomic E-state index is 15.2. The first-order valence-electron chi connectivity index (χ1n) is 18.3. The number of hydrogen-bond acceptors (Lipinski definition) is 8. The van der Waals surface area contributed by atoms with Gasteiger partial charge in [0, 0.05) is 37.4 Å². The summed E-state index contributed by atoms with van der Waals surface area (Å²) in [6, 6.07) is 15.1. The Morgan fingerprint density at radius 2 is 1.71 bits per heavy atom. The molecule has 0 unspecified atom stereocenters. The first kappa shape index (κ1) is 36.3. The average molecular weight is 699 g/mol. The molecule has 4 aliphatic heterocycles. The summed E-state index contributed by atoms with van der Waals surface area (Å²) in [7, 11) is 0. The summed E-state index contributed by atoms with van der Waals surface area (Å²) in [4.78, 5) is 62.5. The molecule has 2 saturated heterocycles. The highest BCUT2D eigenvalue weighted by Crippen LogP contribution is 2.56. The van der Waals surface area contributed by atoms with Gasteiger partial charge in [-0.1, -0.05) is 68.5 Å². The second-order valence-electron chi connectivity index (χ2n) is 14.2. The fraction of sp³-hybridized carbons (Fsp3) is 0.500. The van der Waals surface area contributed by atoms with Crippen LogP contribution >= 0.6 is 0 Å². The molecule has 1 spiro atoms. The van der Waals surface area contributed by atoms with E-state index in [1.807, 2.05) is 80.6 Å². The van der Waals surface area contributed by atoms with Crippen LogP contribution < -0.4 is 15.1 Å². The third kappa shape index (κ3) is 6.93. The van der Waals surface area contributed by atoms with Gasteiger partial charge in [-0.15, -0.1) is 0 Å². The highest BCUT2D eigenvalue weighted by molar-refractivity contribution is 6.05. The molecular formula is C40H50N4O7. The maximum Gasteiger partial charge on any atom is 0.313 e. The highest BCUT2D eigenvalue weighted by atomic mass is 16.6. The number of amides is 3. The molecule has 11 heteroatoms. The Labute approximate surface area is 300 Å². The molecule has 3 amide bonds. The molecule has 4 heterocycles. The minimum absolute atomic E-state index is 0.0572. The number of anilines is 2. The van der Waals surface area contributed by atoms with Crippen LogP contribution in [-0.4, -0.2) is 90.3 Å². The van der Waals surface area contributed by atoms with E-state index in [0.29, 0.717) is 24.1 Å². The van der Waals surface area contributed by atoms with Crippen LogP contribution in [-0.2, 0) is 28.7 Å². The molecule has 2 aromatic carbocycles. The fourth-order valence-corrected chi connectivity index (χ4v) is 8.19. The molecule has 11 nitrogen and oxygen atoms in total. The van der Waals surface area contributed by atoms with Crippen molar-refractivity contribution in [1.82, 2.24) is 10.2 Å². The summed E-state index contributed by atoms with van der Waals surface area (Å²) in [5, 5.41) is 13.6. The van der Waals surface area contributed by atoms with E-state index < -0.39 is 53.6 Å². The van der Waals surface area contributed by atoms with Gasteiger partial charge in [-0.25, -0.2) is 0 Å². The van der Waals surface area contributed by atoms with Crippen molar-refractivity contribution < 1.29 is 33.8 Å². The number of carbonyl (C=O) groups is 4. The Morgan fingerprint density at radius 1 is 0.980 bits per heavy atom. The van der Waals surface area contributed by atoms with E-state index >= 15 is 4.79 Å². The molecule has 0 saturated carbocycles. The smallest absolute Gasteiger partial charge is 0.313 e. The summed E-state index contributed by atoms with van der Waals surface area (Å²) >= 11 is 0. The maximum atomic E-state index is 15.2. The van der Waals surface area contributed by atoms with Crippen molar-refractivity contribution >= 4 is 35.1 Å². The van der Waals surface area contributed by atoms with Crippen LogP contribution in [0.4, 0.5) is 11.4 Å². The Morgan fingerprint density at radius 3 is 2.37 bits per heavy atom. The van der Waals surface area contributed by atoms with Crippen molar-refractivity contribution in [3.63, 3.8) is 0 Å². The van der Waals surface area contributed by atoms with Gasteiger partial charge in [-0.2, -0.15) is 0 Å². The third-order valence-electron chi connectivity index (χ3n) is 10.6. The van der Waals surface area contributed by atoms with Crippen molar-refractivity contribution in [3.05, 3.63) is 84.5 Å². The number of allylic oxidation sites excluding steroid dienone is 1. The lowest BCUT2D eigenvalue weighted by Crippen LogP contribution is -2.59. The predicted molar refractivity (Wildman–Crippen MR) is 194 cm³/mol. The number of hydrogen-bond donors (Lipinski definition) is 2. The number of ether oxygens (including phenoxy) is 2. The standard InChI is InChI=1S/C40H50N4O7/c1-5-42(6-2)28-16-18-29(19-17-28)43-22-12-8-11-15-33(46)41-24-32(27-13-9-7-10-14-27)50-39(49)34-31-20-21-40(51-31)35(34)37(47)44(36(40)38(43)48)30(25-45)23-26(3)4/h7-10,12-14,16-21,26,30-32,34-36,45H,5-6,11,15,22-25H2,1-4H3,(H,41,46)/b12-8-/t30-,31-,32-,34+,35+,36-,40+/m1/s1. The molecule has 2 fully saturated rings. The molecule has 2 N–H and O–H groups in total. The number of aliphatic hydroxyl groups is 1. The first-order chi connectivity index (χ1) is 24.6. The summed E-state index contributed by atoms with van der Waals surface area (Å²) in [5.41, 5.74) is 0.907. The van der Waals surface area contributed by atoms with Crippen LogP contribution in [0.25, 0.3) is 0 Å². The molecular weight excluding hydrogens is 648 g/mol. The van der Waals surface area contributed by atoms with Gasteiger partial charge in [0.25, 0.3) is 5.91 Å². The Bertz CT molecular complexity index is 1640. The van der Waals surface area contributed by atoms with E-state index in [1.165, 1.54) is 4.90 Å². The number of esters is 1. The molecule has 0 aromatic heterocycles. The Hall–Kier alpha value is -4.48. The van der Waals surface area contributed by atoms with Gasteiger partial charge >= 0.3 is 5.97 Å². The Kier molecular flexibility index (Phi) is 11.0. The lowest BCUT2D eigenvalue weighted by Gasteiger charge is -2.39. The molecule has 2 aromatic rings. The van der Waals surface area contributed by atoms with Crippen molar-refractivity contribution in [2.45, 2.75) is 76.9 Å². The number of nitrogens with one attached hydrogen (secondary N) is 1. The summed E-state index contributed by atoms with van der Waals surface area (Å²) < 4.78 is 12.8. The quantitative estimate of drug-likeness (QED) is 0.295. The van der Waals surface area contributed by atoms with Crippen LogP contribution in [0.2, 0.25) is 0 Å². The molecule has 7 atom stereocenters. The normalized spacial score (nSPS) is 29.3. The van der Waals surface area contributed by atoms with Crippen LogP contribution in [0.15, 0.2) is 78.9 Å². The van der Waals surface area contributed by atoms with E-state index in [-0.39, 0.29) is 43.8 Å². The van der Waals surface area contributed by atoms with Crippen molar-refractivity contribution in [1.29, 1.82) is 0 Å². The second-order valence-corrected chi connectivity index (χ2v) is 14.2. The zero-order chi connectivity index (χ0) is 36.3. The van der Waals surface area contributed by atoms with Gasteiger partial charge in [-0.05, 0) is 62.4 Å². The average Bonchev–Trinajstić information content (AvgIpc) is 3.78. The summed E-state index contributed by atoms with van der Waals surface area (Å²) in [6.45, 7) is 9.72. The zero-order valence-corrected chi connectivity index (χ0v) is 29.9. The topological polar surface area (TPSA) is 129 Å². The molecule has 5 bridgehead atoms. The van der Waals surface area contributed by atoms with Gasteiger partial charge in [0.2, 0.25) is 11.8 Å². The molecule has 51 heavy (non-hydrogen) atoms. The van der Waals surface area contributed by atoms with Gasteiger partial charge < -0.3 is 34.6 Å². The number of aliphatic hydroxyl groups excluding tert-OH is 1. The van der Waals surface area contributed by atoms with Crippen LogP contribution in [0.3, 0.4) is 0 Å². The number of likely N-dealkylation sites (tertiary alicyclic amines) is 1. The van der Waals surface area contributed by atoms with Crippen LogP contribution in [0, 0.1) is 17.8 Å². The van der Waals surface area contributed by atoms with E-state index in [1.54, 1.807) is 17.1 Å². The zero-order valence-electron chi connectivity index (χ0n) is 29.9. The van der Waals surface area contributed by atoms with E-state index in [9.17, 15) is 19.5 Å². The number of cyclic esters (lactones) is 1. The monoisotopic (exact) mass is 698 g/mol. The van der Waals surface area contributed by atoms with Crippen molar-refractivity contribution in [3.8, 4) is 0 Å². The van der Waals surface area contributed by atoms with E-state index in [2.05, 4.69) is 24.1 Å². The Balaban J connectivity index is 1.45. The molecule has 0 radical (unpaired) electrons. The fourth-order valence-electron chi connectivity index (χ4n) is 8.19. The second kappa shape index (κ2) is 15.4. The largest absolute Gasteiger partial charge is 0.455 e. The lowest BCUT2D eigenvalue weighted by atomic mass is 9.74. The van der Waals surface area contributed by atoms with Gasteiger partial charge in [0.15, 0.2) is 0 Å². The van der Waals surface area contributed by atoms with E-state index in [4.69, 9.17) is 9.47 Å². The van der Waals surface area contributed by atoms with Gasteiger partial charge in [0.05, 0.1) is 31.2 Å². The SMILES string of the molecule is CCN(CC)c1ccc(N2C/C=C\CCC(=O)NC[C@H](c3ccccc3)OC(=O)[C@@H]3[C@H]4C(=O)N([C@@H](CO)CC(C)C)[C@H](C2=O)[C@]42C=C[C@H]3O2)cc1. The molecule has 0 aliphatic carbocycles. The first-order valence-corrected chi connectivity index (χ1v) is 18.3. The summed E-state index contributed by atoms with van der Waals surface area (Å²) in [5.74, 6) is -3.59. The minimum atomic E-state index is -1.44. The molecule has 4 aliphatic rings. The highest BCUT2D eigenvalue weighted by Gasteiger charge is 2.74.